The Kier molecular flexibility index (Phi) is 4.36. The molecule has 0 N–H and O–H groups in total. The van der Waals surface area contributed by atoms with Crippen molar-refractivity contribution in [2.75, 3.05) is 0 Å². The van der Waals surface area contributed by atoms with Gasteiger partial charge in [-0.3, -0.25) is 0 Å². The van der Waals surface area contributed by atoms with Gasteiger partial charge in [-0.05, 0) is 17.7 Å². The third-order valence-electron chi connectivity index (χ3n) is 2.58. The minimum absolute atomic E-state index is 0.0960. The summed E-state index contributed by atoms with van der Waals surface area (Å²) in [7, 11) is 0. The minimum atomic E-state index is -0.469. The van der Waals surface area contributed by atoms with Crippen molar-refractivity contribution in [1.29, 1.82) is 5.26 Å². The molecular weight excluding hydrogens is 329 g/mol. The van der Waals surface area contributed by atoms with Gasteiger partial charge in [0, 0.05) is 10.0 Å². The Morgan fingerprint density at radius 3 is 2.37 bits per heavy atom. The third kappa shape index (κ3) is 2.86. The number of halogens is 3. The van der Waals surface area contributed by atoms with Crippen LogP contribution in [-0.4, -0.2) is 0 Å². The Bertz CT molecular complexity index is 654. The number of allylic oxidation sites excluding steroid dienone is 1. The first-order valence-corrected chi connectivity index (χ1v) is 6.62. The molecule has 0 bridgehead atoms. The average molecular weight is 337 g/mol. The standard InChI is InChI=1S/C15H8BrClFN/c16-12-7-4-8-13(18)14(12)15(17)11(9-19)10-5-2-1-3-6-10/h1-8H/b15-11+. The van der Waals surface area contributed by atoms with Gasteiger partial charge < -0.3 is 0 Å². The molecule has 0 atom stereocenters. The normalized spacial score (nSPS) is 11.7. The summed E-state index contributed by atoms with van der Waals surface area (Å²) < 4.78 is 14.4. The molecule has 1 nitrogen and oxygen atoms in total. The van der Waals surface area contributed by atoms with Crippen LogP contribution < -0.4 is 0 Å². The van der Waals surface area contributed by atoms with Crippen molar-refractivity contribution in [3.05, 3.63) is 69.9 Å². The first-order valence-electron chi connectivity index (χ1n) is 5.45. The molecule has 0 fully saturated rings. The summed E-state index contributed by atoms with van der Waals surface area (Å²) >= 11 is 9.45. The molecule has 94 valence electrons. The van der Waals surface area contributed by atoms with Gasteiger partial charge in [0.05, 0.1) is 10.6 Å². The van der Waals surface area contributed by atoms with E-state index in [1.54, 1.807) is 36.4 Å². The fraction of sp³-hybridized carbons (Fsp3) is 0. The molecule has 0 unspecified atom stereocenters. The van der Waals surface area contributed by atoms with Crippen molar-refractivity contribution in [1.82, 2.24) is 0 Å². The van der Waals surface area contributed by atoms with Gasteiger partial charge in [0.1, 0.15) is 11.9 Å². The van der Waals surface area contributed by atoms with E-state index in [4.69, 9.17) is 11.6 Å². The first-order chi connectivity index (χ1) is 9.15. The van der Waals surface area contributed by atoms with Crippen LogP contribution in [0.25, 0.3) is 10.6 Å². The maximum Gasteiger partial charge on any atom is 0.133 e. The molecule has 19 heavy (non-hydrogen) atoms. The van der Waals surface area contributed by atoms with E-state index in [1.807, 2.05) is 12.1 Å². The van der Waals surface area contributed by atoms with Gasteiger partial charge in [0.15, 0.2) is 0 Å². The van der Waals surface area contributed by atoms with Gasteiger partial charge in [0.2, 0.25) is 0 Å². The zero-order valence-corrected chi connectivity index (χ0v) is 12.0. The summed E-state index contributed by atoms with van der Waals surface area (Å²) in [5.41, 5.74) is 1.10. The maximum absolute atomic E-state index is 13.9. The number of rotatable bonds is 2. The highest BCUT2D eigenvalue weighted by Gasteiger charge is 2.15. The van der Waals surface area contributed by atoms with Gasteiger partial charge >= 0.3 is 0 Å². The van der Waals surface area contributed by atoms with E-state index in [0.29, 0.717) is 10.0 Å². The lowest BCUT2D eigenvalue weighted by Gasteiger charge is -2.07. The molecule has 0 amide bonds. The van der Waals surface area contributed by atoms with Crippen LogP contribution in [0.3, 0.4) is 0 Å². The second-order valence-electron chi connectivity index (χ2n) is 3.76. The van der Waals surface area contributed by atoms with Crippen molar-refractivity contribution in [3.8, 4) is 6.07 Å². The van der Waals surface area contributed by atoms with E-state index in [0.717, 1.165) is 0 Å². The Morgan fingerprint density at radius 2 is 1.79 bits per heavy atom. The fourth-order valence-corrected chi connectivity index (χ4v) is 2.68. The minimum Gasteiger partial charge on any atom is -0.206 e. The Morgan fingerprint density at radius 1 is 1.11 bits per heavy atom. The predicted molar refractivity (Wildman–Crippen MR) is 78.8 cm³/mol. The van der Waals surface area contributed by atoms with E-state index in [2.05, 4.69) is 15.9 Å². The first kappa shape index (κ1) is 13.8. The van der Waals surface area contributed by atoms with Gasteiger partial charge in [-0.15, -0.1) is 0 Å². The summed E-state index contributed by atoms with van der Waals surface area (Å²) in [6, 6.07) is 15.5. The smallest absolute Gasteiger partial charge is 0.133 e. The van der Waals surface area contributed by atoms with E-state index in [1.165, 1.54) is 6.07 Å². The average Bonchev–Trinajstić information content (AvgIpc) is 2.40. The zero-order chi connectivity index (χ0) is 13.8. The molecule has 0 saturated carbocycles. The van der Waals surface area contributed by atoms with Crippen LogP contribution in [0.15, 0.2) is 53.0 Å². The lowest BCUT2D eigenvalue weighted by molar-refractivity contribution is 0.624. The molecule has 2 aromatic rings. The quantitative estimate of drug-likeness (QED) is 0.545. The molecule has 0 aromatic heterocycles. The van der Waals surface area contributed by atoms with E-state index in [-0.39, 0.29) is 16.2 Å². The van der Waals surface area contributed by atoms with Crippen LogP contribution in [-0.2, 0) is 0 Å². The zero-order valence-electron chi connectivity index (χ0n) is 9.70. The fourth-order valence-electron chi connectivity index (χ4n) is 1.68. The summed E-state index contributed by atoms with van der Waals surface area (Å²) in [4.78, 5) is 0. The molecular formula is C15H8BrClFN. The SMILES string of the molecule is N#C/C(=C(\Cl)c1c(F)cccc1Br)c1ccccc1. The largest absolute Gasteiger partial charge is 0.206 e. The van der Waals surface area contributed by atoms with Crippen molar-refractivity contribution in [2.24, 2.45) is 0 Å². The summed E-state index contributed by atoms with van der Waals surface area (Å²) in [6.45, 7) is 0. The van der Waals surface area contributed by atoms with Gasteiger partial charge in [-0.1, -0.05) is 63.9 Å². The lowest BCUT2D eigenvalue weighted by Crippen LogP contribution is -1.91. The second kappa shape index (κ2) is 6.01. The topological polar surface area (TPSA) is 23.8 Å². The van der Waals surface area contributed by atoms with Crippen LogP contribution >= 0.6 is 27.5 Å². The van der Waals surface area contributed by atoms with Crippen LogP contribution in [0.4, 0.5) is 4.39 Å². The Hall–Kier alpha value is -1.63. The predicted octanol–water partition coefficient (Wildman–Crippen LogP) is 5.22. The highest BCUT2D eigenvalue weighted by Crippen LogP contribution is 2.35. The second-order valence-corrected chi connectivity index (χ2v) is 5.00. The van der Waals surface area contributed by atoms with Crippen LogP contribution in [0.2, 0.25) is 0 Å². The molecule has 0 heterocycles. The number of benzene rings is 2. The Balaban J connectivity index is 2.67. The van der Waals surface area contributed by atoms with Crippen molar-refractivity contribution in [2.45, 2.75) is 0 Å². The summed E-state index contributed by atoms with van der Waals surface area (Å²) in [5, 5.41) is 9.36. The molecule has 0 saturated heterocycles. The summed E-state index contributed by atoms with van der Waals surface area (Å²) in [6.07, 6.45) is 0. The Labute approximate surface area is 124 Å². The molecule has 0 aliphatic rings. The molecule has 0 spiro atoms. The van der Waals surface area contributed by atoms with Crippen molar-refractivity contribution in [3.63, 3.8) is 0 Å². The third-order valence-corrected chi connectivity index (χ3v) is 3.61. The van der Waals surface area contributed by atoms with Crippen LogP contribution in [0.1, 0.15) is 11.1 Å². The maximum atomic E-state index is 13.9. The van der Waals surface area contributed by atoms with Crippen molar-refractivity contribution >= 4 is 38.1 Å². The summed E-state index contributed by atoms with van der Waals surface area (Å²) in [5.74, 6) is -0.469. The molecule has 0 aliphatic heterocycles. The molecule has 2 aromatic carbocycles. The van der Waals surface area contributed by atoms with Crippen molar-refractivity contribution < 1.29 is 4.39 Å². The van der Waals surface area contributed by atoms with Gasteiger partial charge in [-0.25, -0.2) is 4.39 Å². The monoisotopic (exact) mass is 335 g/mol. The van der Waals surface area contributed by atoms with Crippen LogP contribution in [0, 0.1) is 17.1 Å². The molecule has 0 radical (unpaired) electrons. The van der Waals surface area contributed by atoms with Gasteiger partial charge in [-0.2, -0.15) is 5.26 Å². The van der Waals surface area contributed by atoms with Crippen LogP contribution in [0.5, 0.6) is 0 Å². The highest BCUT2D eigenvalue weighted by atomic mass is 79.9. The number of hydrogen-bond donors (Lipinski definition) is 0. The highest BCUT2D eigenvalue weighted by molar-refractivity contribution is 9.10. The number of hydrogen-bond acceptors (Lipinski definition) is 1. The number of nitrogens with zero attached hydrogens (tertiary/aromatic N) is 1. The van der Waals surface area contributed by atoms with E-state index in [9.17, 15) is 9.65 Å². The number of nitriles is 1. The molecule has 2 rings (SSSR count). The van der Waals surface area contributed by atoms with E-state index < -0.39 is 5.82 Å². The lowest BCUT2D eigenvalue weighted by atomic mass is 10.0. The van der Waals surface area contributed by atoms with Gasteiger partial charge in [0.25, 0.3) is 0 Å². The molecule has 0 aliphatic carbocycles. The van der Waals surface area contributed by atoms with E-state index >= 15 is 0 Å². The molecule has 4 heteroatoms.